The van der Waals surface area contributed by atoms with Gasteiger partial charge in [0.2, 0.25) is 0 Å². The molecule has 0 bridgehead atoms. The molecule has 5 N–H and O–H groups in total. The van der Waals surface area contributed by atoms with Crippen molar-refractivity contribution < 1.29 is 14.6 Å². The van der Waals surface area contributed by atoms with Crippen LogP contribution in [0.25, 0.3) is 5.69 Å². The van der Waals surface area contributed by atoms with Crippen molar-refractivity contribution in [2.75, 3.05) is 50.0 Å². The number of carbonyl (C=O) groups excluding carboxylic acids is 1. The standard InChI is InChI=1S/C28H32N8O3/c1-18(2)25(30)21-15-22(24(37)16-23(21)29)26-33-27(28(38)32-8-9-34-11-13-39-14-12-34)36(26)20-5-3-19(4-6-20)35-10-7-31-17-35/h3-7,10,15-18,30H,8-9,11-14H2,1-2H3,(H3,29,32,37,38)/p+1. The molecule has 2 aliphatic heterocycles. The maximum absolute atomic E-state index is 13.2. The SMILES string of the molecule is CC(C)C(=N)c1cc(C2=[N+]=C(C(=O)NCCN3CCOCC3)N2c2ccc(-n3ccnc3)cc2)c(O)cc1N. The Bertz CT molecular complexity index is 1430. The van der Waals surface area contributed by atoms with Gasteiger partial charge in [0.05, 0.1) is 19.5 Å². The van der Waals surface area contributed by atoms with Gasteiger partial charge in [-0.3, -0.25) is 9.69 Å². The first-order valence-electron chi connectivity index (χ1n) is 13.0. The van der Waals surface area contributed by atoms with Crippen LogP contribution in [0.1, 0.15) is 25.0 Å². The van der Waals surface area contributed by atoms with Gasteiger partial charge >= 0.3 is 17.6 Å². The van der Waals surface area contributed by atoms with Gasteiger partial charge in [-0.25, -0.2) is 9.65 Å². The average Bonchev–Trinajstić information content (AvgIpc) is 3.45. The van der Waals surface area contributed by atoms with Crippen molar-refractivity contribution in [3.63, 3.8) is 0 Å². The van der Waals surface area contributed by atoms with E-state index < -0.39 is 0 Å². The van der Waals surface area contributed by atoms with Gasteiger partial charge < -0.3 is 30.9 Å². The molecule has 202 valence electrons. The number of morpholine rings is 1. The van der Waals surface area contributed by atoms with Crippen LogP contribution < -0.4 is 20.6 Å². The molecule has 0 radical (unpaired) electrons. The number of nitrogens with one attached hydrogen (secondary N) is 2. The van der Waals surface area contributed by atoms with Crippen molar-refractivity contribution in [3.05, 3.63) is 66.2 Å². The highest BCUT2D eigenvalue weighted by Crippen LogP contribution is 2.30. The number of anilines is 2. The van der Waals surface area contributed by atoms with Crippen molar-refractivity contribution in [3.8, 4) is 11.4 Å². The maximum Gasteiger partial charge on any atom is 0.390 e. The van der Waals surface area contributed by atoms with Crippen LogP contribution in [0, 0.1) is 11.3 Å². The van der Waals surface area contributed by atoms with Crippen molar-refractivity contribution in [1.29, 1.82) is 5.41 Å². The van der Waals surface area contributed by atoms with E-state index in [9.17, 15) is 9.90 Å². The second-order valence-corrected chi connectivity index (χ2v) is 9.82. The fourth-order valence-electron chi connectivity index (χ4n) is 4.58. The van der Waals surface area contributed by atoms with Crippen molar-refractivity contribution in [2.24, 2.45) is 5.92 Å². The van der Waals surface area contributed by atoms with Crippen LogP contribution in [0.15, 0.2) is 55.1 Å². The summed E-state index contributed by atoms with van der Waals surface area (Å²) in [7, 11) is 0. The van der Waals surface area contributed by atoms with Gasteiger partial charge in [0.15, 0.2) is 0 Å². The molecule has 1 fully saturated rings. The Labute approximate surface area is 226 Å². The Morgan fingerprint density at radius 1 is 1.21 bits per heavy atom. The summed E-state index contributed by atoms with van der Waals surface area (Å²) in [6.45, 7) is 8.10. The minimum atomic E-state index is -0.309. The quantitative estimate of drug-likeness (QED) is 0.186. The number of benzene rings is 2. The number of amides is 1. The first kappa shape index (κ1) is 26.2. The highest BCUT2D eigenvalue weighted by molar-refractivity contribution is 6.53. The molecule has 2 aromatic carbocycles. The van der Waals surface area contributed by atoms with Gasteiger partial charge in [-0.15, -0.1) is 0 Å². The third-order valence-electron chi connectivity index (χ3n) is 6.84. The molecular formula is C28H33N8O3+. The molecule has 11 heteroatoms. The Hall–Kier alpha value is -4.44. The number of ether oxygens (including phenoxy) is 1. The number of nitrogens with zero attached hydrogens (tertiary/aromatic N) is 5. The largest absolute Gasteiger partial charge is 0.507 e. The lowest BCUT2D eigenvalue weighted by atomic mass is 9.95. The molecule has 11 nitrogen and oxygen atoms in total. The molecule has 1 amide bonds. The molecule has 0 unspecified atom stereocenters. The molecule has 2 aliphatic rings. The summed E-state index contributed by atoms with van der Waals surface area (Å²) < 4.78 is 11.8. The summed E-state index contributed by atoms with van der Waals surface area (Å²) in [6.07, 6.45) is 5.27. The Morgan fingerprint density at radius 2 is 1.92 bits per heavy atom. The summed E-state index contributed by atoms with van der Waals surface area (Å²) in [5.41, 5.74) is 9.36. The molecule has 0 saturated carbocycles. The van der Waals surface area contributed by atoms with E-state index in [4.69, 9.17) is 15.9 Å². The molecule has 1 saturated heterocycles. The third-order valence-corrected chi connectivity index (χ3v) is 6.84. The second kappa shape index (κ2) is 11.1. The molecule has 3 aromatic rings. The number of aromatic hydroxyl groups is 1. The smallest absolute Gasteiger partial charge is 0.390 e. The number of hydrogen-bond acceptors (Lipinski definition) is 8. The van der Waals surface area contributed by atoms with Gasteiger partial charge in [-0.2, -0.15) is 4.90 Å². The van der Waals surface area contributed by atoms with Crippen molar-refractivity contribution >= 4 is 34.7 Å². The number of hydrogen-bond donors (Lipinski definition) is 4. The molecule has 0 atom stereocenters. The third kappa shape index (κ3) is 5.42. The fraction of sp³-hybridized carbons (Fsp3) is 0.321. The van der Waals surface area contributed by atoms with E-state index in [1.807, 2.05) is 48.9 Å². The average molecular weight is 530 g/mol. The van der Waals surface area contributed by atoms with Crippen LogP contribution in [-0.4, -0.2) is 82.2 Å². The van der Waals surface area contributed by atoms with Gasteiger partial charge in [-0.1, -0.05) is 13.8 Å². The number of amidine groups is 2. The highest BCUT2D eigenvalue weighted by Gasteiger charge is 2.43. The van der Waals surface area contributed by atoms with Gasteiger partial charge in [0.1, 0.15) is 17.0 Å². The molecule has 0 spiro atoms. The van der Waals surface area contributed by atoms with E-state index in [2.05, 4.69) is 19.9 Å². The van der Waals surface area contributed by atoms with Crippen molar-refractivity contribution in [2.45, 2.75) is 13.8 Å². The van der Waals surface area contributed by atoms with Crippen molar-refractivity contribution in [1.82, 2.24) is 24.4 Å². The van der Waals surface area contributed by atoms with Gasteiger partial charge in [0.25, 0.3) is 0 Å². The number of phenolic OH excluding ortho intramolecular Hbond substituents is 1. The van der Waals surface area contributed by atoms with E-state index >= 15 is 0 Å². The summed E-state index contributed by atoms with van der Waals surface area (Å²) in [6, 6.07) is 10.7. The molecule has 1 aromatic heterocycles. The van der Waals surface area contributed by atoms with E-state index in [1.165, 1.54) is 6.07 Å². The molecular weight excluding hydrogens is 496 g/mol. The summed E-state index contributed by atoms with van der Waals surface area (Å²) in [5.74, 6) is 0.187. The number of rotatable bonds is 9. The zero-order chi connectivity index (χ0) is 27.5. The lowest BCUT2D eigenvalue weighted by Crippen LogP contribution is -2.56. The van der Waals surface area contributed by atoms with Crippen LogP contribution >= 0.6 is 0 Å². The fourth-order valence-corrected chi connectivity index (χ4v) is 4.58. The van der Waals surface area contributed by atoms with Gasteiger partial charge in [0, 0.05) is 67.3 Å². The Kier molecular flexibility index (Phi) is 7.47. The number of imidazole rings is 1. The number of aromatic nitrogens is 2. The number of carbonyl (C=O) groups is 1. The minimum absolute atomic E-state index is 0.0563. The summed E-state index contributed by atoms with van der Waals surface area (Å²) in [4.78, 5) is 21.3. The first-order chi connectivity index (χ1) is 18.8. The summed E-state index contributed by atoms with van der Waals surface area (Å²) >= 11 is 0. The number of nitrogens with two attached hydrogens (primary N) is 1. The molecule has 5 rings (SSSR count). The lowest BCUT2D eigenvalue weighted by molar-refractivity contribution is -0.115. The normalized spacial score (nSPS) is 15.5. The van der Waals surface area contributed by atoms with E-state index in [1.54, 1.807) is 23.5 Å². The topological polar surface area (TPSA) is 147 Å². The maximum atomic E-state index is 13.2. The zero-order valence-corrected chi connectivity index (χ0v) is 22.1. The highest BCUT2D eigenvalue weighted by atomic mass is 16.5. The zero-order valence-electron chi connectivity index (χ0n) is 22.1. The molecule has 39 heavy (non-hydrogen) atoms. The van der Waals surface area contributed by atoms with Crippen LogP contribution in [0.2, 0.25) is 0 Å². The van der Waals surface area contributed by atoms with E-state index in [0.29, 0.717) is 53.8 Å². The predicted molar refractivity (Wildman–Crippen MR) is 152 cm³/mol. The summed E-state index contributed by atoms with van der Waals surface area (Å²) in [5, 5.41) is 22.3. The van der Waals surface area contributed by atoms with E-state index in [-0.39, 0.29) is 23.4 Å². The monoisotopic (exact) mass is 529 g/mol. The van der Waals surface area contributed by atoms with Crippen LogP contribution in [0.5, 0.6) is 5.75 Å². The van der Waals surface area contributed by atoms with E-state index in [0.717, 1.165) is 25.3 Å². The van der Waals surface area contributed by atoms with Crippen LogP contribution in [-0.2, 0) is 9.53 Å². The Morgan fingerprint density at radius 3 is 2.59 bits per heavy atom. The lowest BCUT2D eigenvalue weighted by Gasteiger charge is -2.27. The number of nitrogen functional groups attached to an aromatic ring is 1. The second-order valence-electron chi connectivity index (χ2n) is 9.82. The van der Waals surface area contributed by atoms with Crippen LogP contribution in [0.3, 0.4) is 0 Å². The molecule has 3 heterocycles. The van der Waals surface area contributed by atoms with Gasteiger partial charge in [-0.05, 0) is 36.2 Å². The molecule has 0 aliphatic carbocycles. The Balaban J connectivity index is 1.46. The minimum Gasteiger partial charge on any atom is -0.507 e. The van der Waals surface area contributed by atoms with Crippen LogP contribution in [0.4, 0.5) is 11.4 Å². The number of phenols is 1. The first-order valence-corrected chi connectivity index (χ1v) is 13.0. The predicted octanol–water partition coefficient (Wildman–Crippen LogP) is 1.36.